The predicted molar refractivity (Wildman–Crippen MR) is 82.4 cm³/mol. The summed E-state index contributed by atoms with van der Waals surface area (Å²) in [4.78, 5) is 6.01. The summed E-state index contributed by atoms with van der Waals surface area (Å²) in [6.07, 6.45) is 3.48. The van der Waals surface area contributed by atoms with E-state index in [1.807, 2.05) is 0 Å². The first-order chi connectivity index (χ1) is 9.26. The fourth-order valence-electron chi connectivity index (χ4n) is 2.35. The zero-order valence-corrected chi connectivity index (χ0v) is 12.9. The Bertz CT molecular complexity index is 596. The monoisotopic (exact) mass is 334 g/mol. The van der Waals surface area contributed by atoms with Crippen LogP contribution in [0.15, 0.2) is 44.7 Å². The van der Waals surface area contributed by atoms with Gasteiger partial charge in [-0.05, 0) is 54.7 Å². The lowest BCUT2D eigenvalue weighted by molar-refractivity contribution is 0.884. The van der Waals surface area contributed by atoms with Gasteiger partial charge in [0.25, 0.3) is 0 Å². The second-order valence-electron chi connectivity index (χ2n) is 4.67. The summed E-state index contributed by atoms with van der Waals surface area (Å²) in [5.41, 5.74) is 9.67. The van der Waals surface area contributed by atoms with E-state index >= 15 is 0 Å². The molecule has 1 aromatic heterocycles. The number of aryl methyl sites for hydroxylation is 2. The van der Waals surface area contributed by atoms with Crippen molar-refractivity contribution in [1.82, 2.24) is 4.98 Å². The summed E-state index contributed by atoms with van der Waals surface area (Å²) >= 11 is 5.16. The third-order valence-corrected chi connectivity index (χ3v) is 4.92. The van der Waals surface area contributed by atoms with Crippen molar-refractivity contribution < 1.29 is 0 Å². The van der Waals surface area contributed by atoms with E-state index in [4.69, 9.17) is 10.7 Å². The first-order valence-corrected chi connectivity index (χ1v) is 8.02. The van der Waals surface area contributed by atoms with E-state index in [1.165, 1.54) is 22.6 Å². The lowest BCUT2D eigenvalue weighted by atomic mass is 10.1. The van der Waals surface area contributed by atoms with Crippen molar-refractivity contribution in [1.29, 1.82) is 0 Å². The molecule has 1 aliphatic rings. The van der Waals surface area contributed by atoms with Crippen LogP contribution in [0.3, 0.4) is 0 Å². The van der Waals surface area contributed by atoms with Crippen molar-refractivity contribution in [2.45, 2.75) is 35.7 Å². The van der Waals surface area contributed by atoms with Gasteiger partial charge in [-0.2, -0.15) is 0 Å². The maximum absolute atomic E-state index is 5.86. The van der Waals surface area contributed by atoms with Crippen LogP contribution in [0.4, 0.5) is 0 Å². The Labute approximate surface area is 125 Å². The number of halogens is 1. The van der Waals surface area contributed by atoms with Crippen LogP contribution in [0.2, 0.25) is 0 Å². The van der Waals surface area contributed by atoms with Crippen LogP contribution in [-0.2, 0) is 19.4 Å². The van der Waals surface area contributed by atoms with Gasteiger partial charge < -0.3 is 5.73 Å². The van der Waals surface area contributed by atoms with Crippen LogP contribution in [0.1, 0.15) is 23.2 Å². The molecule has 1 aromatic carbocycles. The molecule has 4 heteroatoms. The Balaban J connectivity index is 1.93. The smallest absolute Gasteiger partial charge is 0.106 e. The summed E-state index contributed by atoms with van der Waals surface area (Å²) in [7, 11) is 0. The highest BCUT2D eigenvalue weighted by molar-refractivity contribution is 9.10. The number of nitrogens with two attached hydrogens (primary N) is 1. The summed E-state index contributed by atoms with van der Waals surface area (Å²) in [6.45, 7) is 0.555. The molecule has 0 atom stereocenters. The topological polar surface area (TPSA) is 38.9 Å². The molecule has 0 saturated heterocycles. The summed E-state index contributed by atoms with van der Waals surface area (Å²) in [5.74, 6) is 0. The lowest BCUT2D eigenvalue weighted by Crippen LogP contribution is -2.03. The van der Waals surface area contributed by atoms with Crippen molar-refractivity contribution in [2.24, 2.45) is 5.73 Å². The molecule has 0 saturated carbocycles. The predicted octanol–water partition coefficient (Wildman–Crippen LogP) is 3.94. The molecule has 0 unspecified atom stereocenters. The van der Waals surface area contributed by atoms with Gasteiger partial charge in [0.2, 0.25) is 0 Å². The van der Waals surface area contributed by atoms with Crippen LogP contribution in [0.5, 0.6) is 0 Å². The molecule has 19 heavy (non-hydrogen) atoms. The number of benzene rings is 1. The quantitative estimate of drug-likeness (QED) is 0.923. The highest BCUT2D eigenvalue weighted by Crippen LogP contribution is 2.33. The largest absolute Gasteiger partial charge is 0.326 e. The van der Waals surface area contributed by atoms with E-state index in [0.29, 0.717) is 6.54 Å². The number of nitrogens with zero attached hydrogens (tertiary/aromatic N) is 1. The summed E-state index contributed by atoms with van der Waals surface area (Å²) in [6, 6.07) is 10.6. The third kappa shape index (κ3) is 2.86. The van der Waals surface area contributed by atoms with Crippen molar-refractivity contribution >= 4 is 27.7 Å². The van der Waals surface area contributed by atoms with Gasteiger partial charge in [0.15, 0.2) is 0 Å². The number of rotatable bonds is 3. The normalized spacial score (nSPS) is 13.6. The molecule has 1 aliphatic carbocycles. The average molecular weight is 335 g/mol. The molecule has 0 radical (unpaired) electrons. The Kier molecular flexibility index (Phi) is 3.91. The highest BCUT2D eigenvalue weighted by Gasteiger charge is 2.16. The van der Waals surface area contributed by atoms with Crippen molar-refractivity contribution in [2.75, 3.05) is 0 Å². The van der Waals surface area contributed by atoms with Gasteiger partial charge in [-0.3, -0.25) is 0 Å². The molecule has 1 heterocycles. The SMILES string of the molecule is NCc1cc2c(nc1Sc1ccc(Br)cc1)CCC2. The Morgan fingerprint density at radius 3 is 2.74 bits per heavy atom. The van der Waals surface area contributed by atoms with Gasteiger partial charge in [-0.15, -0.1) is 0 Å². The molecule has 0 amide bonds. The molecule has 2 N–H and O–H groups in total. The minimum absolute atomic E-state index is 0.555. The van der Waals surface area contributed by atoms with E-state index in [0.717, 1.165) is 27.9 Å². The molecule has 2 nitrogen and oxygen atoms in total. The standard InChI is InChI=1S/C15H15BrN2S/c16-12-4-6-13(7-5-12)19-15-11(9-17)8-10-2-1-3-14(10)18-15/h4-8H,1-3,9,17H2. The number of fused-ring (bicyclic) bond motifs is 1. The second kappa shape index (κ2) is 5.65. The third-order valence-electron chi connectivity index (χ3n) is 3.34. The van der Waals surface area contributed by atoms with Crippen molar-refractivity contribution in [3.63, 3.8) is 0 Å². The molecule has 0 spiro atoms. The Morgan fingerprint density at radius 1 is 1.21 bits per heavy atom. The van der Waals surface area contributed by atoms with Crippen molar-refractivity contribution in [3.8, 4) is 0 Å². The zero-order valence-electron chi connectivity index (χ0n) is 10.5. The van der Waals surface area contributed by atoms with E-state index in [-0.39, 0.29) is 0 Å². The van der Waals surface area contributed by atoms with Gasteiger partial charge in [-0.1, -0.05) is 33.8 Å². The molecule has 3 rings (SSSR count). The van der Waals surface area contributed by atoms with Gasteiger partial charge >= 0.3 is 0 Å². The molecule has 2 aromatic rings. The Morgan fingerprint density at radius 2 is 2.00 bits per heavy atom. The van der Waals surface area contributed by atoms with Crippen LogP contribution < -0.4 is 5.73 Å². The molecule has 98 valence electrons. The van der Waals surface area contributed by atoms with E-state index in [2.05, 4.69) is 46.3 Å². The van der Waals surface area contributed by atoms with E-state index in [9.17, 15) is 0 Å². The van der Waals surface area contributed by atoms with Crippen molar-refractivity contribution in [3.05, 3.63) is 51.6 Å². The van der Waals surface area contributed by atoms with E-state index < -0.39 is 0 Å². The Hall–Kier alpha value is -0.840. The molecule has 0 aliphatic heterocycles. The van der Waals surface area contributed by atoms with Crippen LogP contribution in [0, 0.1) is 0 Å². The zero-order chi connectivity index (χ0) is 13.2. The first kappa shape index (κ1) is 13.2. The van der Waals surface area contributed by atoms with Gasteiger partial charge in [0.1, 0.15) is 5.03 Å². The molecular formula is C15H15BrN2S. The number of aromatic nitrogens is 1. The first-order valence-electron chi connectivity index (χ1n) is 6.41. The highest BCUT2D eigenvalue weighted by atomic mass is 79.9. The van der Waals surface area contributed by atoms with Gasteiger partial charge in [0, 0.05) is 21.6 Å². The average Bonchev–Trinajstić information content (AvgIpc) is 2.87. The number of hydrogen-bond acceptors (Lipinski definition) is 3. The fourth-order valence-corrected chi connectivity index (χ4v) is 3.54. The molecular weight excluding hydrogens is 320 g/mol. The minimum Gasteiger partial charge on any atom is -0.326 e. The van der Waals surface area contributed by atoms with E-state index in [1.54, 1.807) is 11.8 Å². The summed E-state index contributed by atoms with van der Waals surface area (Å²) < 4.78 is 1.10. The maximum atomic E-state index is 5.86. The molecule has 0 fully saturated rings. The van der Waals surface area contributed by atoms with Crippen LogP contribution in [0.25, 0.3) is 0 Å². The number of pyridine rings is 1. The fraction of sp³-hybridized carbons (Fsp3) is 0.267. The molecule has 0 bridgehead atoms. The van der Waals surface area contributed by atoms with Crippen LogP contribution in [-0.4, -0.2) is 4.98 Å². The lowest BCUT2D eigenvalue weighted by Gasteiger charge is -2.10. The number of hydrogen-bond donors (Lipinski definition) is 1. The second-order valence-corrected chi connectivity index (χ2v) is 6.65. The van der Waals surface area contributed by atoms with Gasteiger partial charge in [0.05, 0.1) is 0 Å². The maximum Gasteiger partial charge on any atom is 0.106 e. The van der Waals surface area contributed by atoms with Gasteiger partial charge in [-0.25, -0.2) is 4.98 Å². The van der Waals surface area contributed by atoms with Crippen LogP contribution >= 0.6 is 27.7 Å². The summed E-state index contributed by atoms with van der Waals surface area (Å²) in [5, 5.41) is 1.06. The minimum atomic E-state index is 0.555.